The lowest BCUT2D eigenvalue weighted by Crippen LogP contribution is -2.06. The van der Waals surface area contributed by atoms with Gasteiger partial charge < -0.3 is 24.6 Å². The van der Waals surface area contributed by atoms with Crippen molar-refractivity contribution in [1.29, 1.82) is 0 Å². The van der Waals surface area contributed by atoms with Gasteiger partial charge in [0.2, 0.25) is 11.6 Å². The molecule has 2 aromatic heterocycles. The number of nitrogens with one attached hydrogen (secondary N) is 2. The van der Waals surface area contributed by atoms with E-state index in [4.69, 9.17) is 14.0 Å². The molecule has 11 heteroatoms. The lowest BCUT2D eigenvalue weighted by molar-refractivity contribution is -0.383. The maximum absolute atomic E-state index is 11.6. The molecule has 0 bridgehead atoms. The van der Waals surface area contributed by atoms with Crippen molar-refractivity contribution in [2.24, 2.45) is 0 Å². The van der Waals surface area contributed by atoms with Gasteiger partial charge in [0.1, 0.15) is 23.6 Å². The van der Waals surface area contributed by atoms with Crippen molar-refractivity contribution in [3.05, 3.63) is 46.5 Å². The summed E-state index contributed by atoms with van der Waals surface area (Å²) in [6.45, 7) is 1.70. The molecular weight excluding hydrogens is 356 g/mol. The molecule has 1 aromatic carbocycles. The standard InChI is InChI=1S/C16H16N6O5/c1-9-6-13(21-27-9)20-16-14(22(23)24)15(17-8-18-16)19-11-5-4-10(25-2)7-12(11)26-3/h4-8H,1-3H3,(H2,17,18,19,20,21). The zero-order valence-electron chi connectivity index (χ0n) is 14.7. The molecule has 0 saturated heterocycles. The van der Waals surface area contributed by atoms with Crippen LogP contribution in [0.5, 0.6) is 11.5 Å². The van der Waals surface area contributed by atoms with Gasteiger partial charge in [0.25, 0.3) is 0 Å². The fourth-order valence-corrected chi connectivity index (χ4v) is 2.31. The highest BCUT2D eigenvalue weighted by atomic mass is 16.6. The largest absolute Gasteiger partial charge is 0.497 e. The molecule has 3 aromatic rings. The normalized spacial score (nSPS) is 10.3. The Morgan fingerprint density at radius 2 is 1.85 bits per heavy atom. The number of methoxy groups -OCH3 is 2. The second-order valence-corrected chi connectivity index (χ2v) is 5.32. The molecule has 0 spiro atoms. The first-order chi connectivity index (χ1) is 13.0. The van der Waals surface area contributed by atoms with Gasteiger partial charge in [-0.25, -0.2) is 9.97 Å². The Balaban J connectivity index is 1.98. The van der Waals surface area contributed by atoms with Crippen LogP contribution < -0.4 is 20.1 Å². The Bertz CT molecular complexity index is 974. The third kappa shape index (κ3) is 3.86. The zero-order chi connectivity index (χ0) is 19.4. The third-order valence-electron chi connectivity index (χ3n) is 3.54. The van der Waals surface area contributed by atoms with Crippen molar-refractivity contribution in [3.8, 4) is 11.5 Å². The molecule has 0 aliphatic carbocycles. The average molecular weight is 372 g/mol. The summed E-state index contributed by atoms with van der Waals surface area (Å²) in [7, 11) is 3.01. The van der Waals surface area contributed by atoms with E-state index >= 15 is 0 Å². The number of nitrogens with zero attached hydrogens (tertiary/aromatic N) is 4. The minimum Gasteiger partial charge on any atom is -0.497 e. The summed E-state index contributed by atoms with van der Waals surface area (Å²) < 4.78 is 15.4. The topological polar surface area (TPSA) is 137 Å². The quantitative estimate of drug-likeness (QED) is 0.469. The van der Waals surface area contributed by atoms with Gasteiger partial charge in [-0.2, -0.15) is 0 Å². The molecule has 3 rings (SSSR count). The van der Waals surface area contributed by atoms with Crippen LogP contribution in [0.3, 0.4) is 0 Å². The predicted molar refractivity (Wildman–Crippen MR) is 96.0 cm³/mol. The van der Waals surface area contributed by atoms with Gasteiger partial charge in [0, 0.05) is 12.1 Å². The first-order valence-corrected chi connectivity index (χ1v) is 7.70. The van der Waals surface area contributed by atoms with E-state index in [-0.39, 0.29) is 17.3 Å². The summed E-state index contributed by atoms with van der Waals surface area (Å²) in [6.07, 6.45) is 1.20. The number of benzene rings is 1. The Morgan fingerprint density at radius 3 is 2.44 bits per heavy atom. The Morgan fingerprint density at radius 1 is 1.11 bits per heavy atom. The van der Waals surface area contributed by atoms with Gasteiger partial charge in [-0.15, -0.1) is 0 Å². The first kappa shape index (κ1) is 17.9. The van der Waals surface area contributed by atoms with E-state index in [1.807, 2.05) is 0 Å². The molecule has 0 aliphatic heterocycles. The number of rotatable bonds is 7. The SMILES string of the molecule is COc1ccc(Nc2ncnc(Nc3cc(C)on3)c2[N+](=O)[O-])c(OC)c1. The Labute approximate surface area is 153 Å². The summed E-state index contributed by atoms with van der Waals surface area (Å²) >= 11 is 0. The minimum atomic E-state index is -0.590. The number of aromatic nitrogens is 3. The van der Waals surface area contributed by atoms with Crippen LogP contribution in [0.25, 0.3) is 0 Å². The summed E-state index contributed by atoms with van der Waals surface area (Å²) in [5, 5.41) is 21.0. The molecular formula is C16H16N6O5. The van der Waals surface area contributed by atoms with Crippen molar-refractivity contribution < 1.29 is 18.9 Å². The average Bonchev–Trinajstić information content (AvgIpc) is 3.06. The van der Waals surface area contributed by atoms with Crippen LogP contribution in [0.15, 0.2) is 35.1 Å². The van der Waals surface area contributed by atoms with Gasteiger partial charge in [0.15, 0.2) is 5.82 Å². The van der Waals surface area contributed by atoms with E-state index in [2.05, 4.69) is 25.8 Å². The van der Waals surface area contributed by atoms with Gasteiger partial charge >= 0.3 is 5.69 Å². The molecule has 0 atom stereocenters. The molecule has 140 valence electrons. The van der Waals surface area contributed by atoms with Crippen molar-refractivity contribution in [2.75, 3.05) is 24.9 Å². The fourth-order valence-electron chi connectivity index (χ4n) is 2.31. The number of ether oxygens (including phenoxy) is 2. The molecule has 0 amide bonds. The molecule has 11 nitrogen and oxygen atoms in total. The van der Waals surface area contributed by atoms with Crippen molar-refractivity contribution >= 4 is 28.8 Å². The van der Waals surface area contributed by atoms with Crippen LogP contribution in [0, 0.1) is 17.0 Å². The second kappa shape index (κ2) is 7.56. The molecule has 27 heavy (non-hydrogen) atoms. The van der Waals surface area contributed by atoms with Gasteiger partial charge in [0.05, 0.1) is 24.8 Å². The Kier molecular flexibility index (Phi) is 5.01. The number of anilines is 4. The van der Waals surface area contributed by atoms with Crippen LogP contribution in [-0.2, 0) is 0 Å². The molecule has 0 radical (unpaired) electrons. The van der Waals surface area contributed by atoms with Gasteiger partial charge in [-0.3, -0.25) is 10.1 Å². The molecule has 2 heterocycles. The summed E-state index contributed by atoms with van der Waals surface area (Å²) in [4.78, 5) is 19.0. The van der Waals surface area contributed by atoms with Crippen molar-refractivity contribution in [1.82, 2.24) is 15.1 Å². The summed E-state index contributed by atoms with van der Waals surface area (Å²) in [6, 6.07) is 6.59. The van der Waals surface area contributed by atoms with E-state index in [0.717, 1.165) is 0 Å². The zero-order valence-corrected chi connectivity index (χ0v) is 14.7. The van der Waals surface area contributed by atoms with E-state index in [1.165, 1.54) is 20.5 Å². The number of nitro groups is 1. The fraction of sp³-hybridized carbons (Fsp3) is 0.188. The lowest BCUT2D eigenvalue weighted by atomic mass is 10.2. The van der Waals surface area contributed by atoms with Crippen molar-refractivity contribution in [3.63, 3.8) is 0 Å². The van der Waals surface area contributed by atoms with Gasteiger partial charge in [-0.1, -0.05) is 5.16 Å². The van der Waals surface area contributed by atoms with Crippen LogP contribution in [0.4, 0.5) is 28.8 Å². The molecule has 0 aliphatic rings. The maximum Gasteiger partial charge on any atom is 0.353 e. The predicted octanol–water partition coefficient (Wildman–Crippen LogP) is 3.19. The van der Waals surface area contributed by atoms with Crippen LogP contribution in [-0.4, -0.2) is 34.3 Å². The highest BCUT2D eigenvalue weighted by Crippen LogP contribution is 2.36. The lowest BCUT2D eigenvalue weighted by Gasteiger charge is -2.13. The van der Waals surface area contributed by atoms with Crippen molar-refractivity contribution in [2.45, 2.75) is 6.92 Å². The molecule has 0 unspecified atom stereocenters. The van der Waals surface area contributed by atoms with E-state index < -0.39 is 4.92 Å². The summed E-state index contributed by atoms with van der Waals surface area (Å²) in [5.41, 5.74) is 0.124. The van der Waals surface area contributed by atoms with Crippen LogP contribution in [0.2, 0.25) is 0 Å². The number of hydrogen-bond donors (Lipinski definition) is 2. The number of aryl methyl sites for hydroxylation is 1. The van der Waals surface area contributed by atoms with Gasteiger partial charge in [-0.05, 0) is 19.1 Å². The number of hydrogen-bond acceptors (Lipinski definition) is 10. The second-order valence-electron chi connectivity index (χ2n) is 5.32. The minimum absolute atomic E-state index is 0.0128. The summed E-state index contributed by atoms with van der Waals surface area (Å²) in [5.74, 6) is 1.82. The molecule has 0 fully saturated rings. The third-order valence-corrected chi connectivity index (χ3v) is 3.54. The first-order valence-electron chi connectivity index (χ1n) is 7.70. The van der Waals surface area contributed by atoms with E-state index in [0.29, 0.717) is 28.8 Å². The highest BCUT2D eigenvalue weighted by Gasteiger charge is 2.24. The van der Waals surface area contributed by atoms with Crippen LogP contribution >= 0.6 is 0 Å². The monoisotopic (exact) mass is 372 g/mol. The molecule has 2 N–H and O–H groups in total. The van der Waals surface area contributed by atoms with Crippen LogP contribution in [0.1, 0.15) is 5.76 Å². The smallest absolute Gasteiger partial charge is 0.353 e. The Hall–Kier alpha value is -3.89. The highest BCUT2D eigenvalue weighted by molar-refractivity contribution is 5.78. The van der Waals surface area contributed by atoms with E-state index in [9.17, 15) is 10.1 Å². The van der Waals surface area contributed by atoms with E-state index in [1.54, 1.807) is 31.2 Å². The molecule has 0 saturated carbocycles. The maximum atomic E-state index is 11.6.